The van der Waals surface area contributed by atoms with Crippen LogP contribution in [-0.2, 0) is 0 Å². The van der Waals surface area contributed by atoms with Gasteiger partial charge in [-0.3, -0.25) is 0 Å². The average molecular weight is 250 g/mol. The number of halogens is 2. The highest BCUT2D eigenvalue weighted by Gasteiger charge is 2.18. The molecule has 1 aromatic rings. The van der Waals surface area contributed by atoms with Gasteiger partial charge >= 0.3 is 0 Å². The maximum absolute atomic E-state index is 9.83. The van der Waals surface area contributed by atoms with Gasteiger partial charge in [-0.05, 0) is 18.6 Å². The minimum Gasteiger partial charge on any atom is -0.396 e. The topological polar surface area (TPSA) is 66.5 Å². The first-order chi connectivity index (χ1) is 7.06. The van der Waals surface area contributed by atoms with Gasteiger partial charge in [0.25, 0.3) is 0 Å². The summed E-state index contributed by atoms with van der Waals surface area (Å²) in [5.74, 6) is 0. The van der Waals surface area contributed by atoms with Crippen LogP contribution in [0.15, 0.2) is 18.2 Å². The van der Waals surface area contributed by atoms with Crippen molar-refractivity contribution in [1.29, 1.82) is 0 Å². The molecule has 4 N–H and O–H groups in total. The number of hydrogen-bond acceptors (Lipinski definition) is 3. The number of aliphatic hydroxyl groups is 2. The molecule has 0 aromatic heterocycles. The van der Waals surface area contributed by atoms with Gasteiger partial charge in [-0.25, -0.2) is 0 Å². The largest absolute Gasteiger partial charge is 0.396 e. The van der Waals surface area contributed by atoms with Crippen molar-refractivity contribution in [2.24, 2.45) is 5.73 Å². The molecular weight excluding hydrogens is 237 g/mol. The summed E-state index contributed by atoms with van der Waals surface area (Å²) >= 11 is 11.6. The smallest absolute Gasteiger partial charge is 0.0956 e. The molecular formula is C10H13Cl2NO2. The first kappa shape index (κ1) is 12.7. The van der Waals surface area contributed by atoms with Crippen molar-refractivity contribution in [1.82, 2.24) is 0 Å². The molecule has 2 unspecified atom stereocenters. The van der Waals surface area contributed by atoms with E-state index < -0.39 is 12.1 Å². The Kier molecular flexibility index (Phi) is 4.83. The lowest BCUT2D eigenvalue weighted by Crippen LogP contribution is -2.29. The van der Waals surface area contributed by atoms with Crippen molar-refractivity contribution < 1.29 is 10.2 Å². The summed E-state index contributed by atoms with van der Waals surface area (Å²) in [6.07, 6.45) is -0.568. The summed E-state index contributed by atoms with van der Waals surface area (Å²) < 4.78 is 0. The predicted molar refractivity (Wildman–Crippen MR) is 61.1 cm³/mol. The lowest BCUT2D eigenvalue weighted by molar-refractivity contribution is 0.129. The van der Waals surface area contributed by atoms with Gasteiger partial charge in [0, 0.05) is 28.3 Å². The van der Waals surface area contributed by atoms with E-state index in [9.17, 15) is 5.11 Å². The Hall–Kier alpha value is -0.320. The lowest BCUT2D eigenvalue weighted by Gasteiger charge is -2.19. The van der Waals surface area contributed by atoms with E-state index in [1.807, 2.05) is 0 Å². The molecule has 0 saturated carbocycles. The van der Waals surface area contributed by atoms with Gasteiger partial charge in [0.1, 0.15) is 0 Å². The van der Waals surface area contributed by atoms with Crippen molar-refractivity contribution in [2.75, 3.05) is 6.61 Å². The first-order valence-electron chi connectivity index (χ1n) is 4.55. The fraction of sp³-hybridized carbons (Fsp3) is 0.400. The highest BCUT2D eigenvalue weighted by atomic mass is 35.5. The van der Waals surface area contributed by atoms with Crippen LogP contribution in [0, 0.1) is 0 Å². The van der Waals surface area contributed by atoms with Crippen LogP contribution in [0.2, 0.25) is 10.0 Å². The molecule has 1 rings (SSSR count). The molecule has 84 valence electrons. The third kappa shape index (κ3) is 3.33. The van der Waals surface area contributed by atoms with Gasteiger partial charge in [-0.2, -0.15) is 0 Å². The molecule has 2 atom stereocenters. The van der Waals surface area contributed by atoms with E-state index >= 15 is 0 Å². The van der Waals surface area contributed by atoms with Crippen LogP contribution in [-0.4, -0.2) is 22.9 Å². The Morgan fingerprint density at radius 3 is 2.53 bits per heavy atom. The summed E-state index contributed by atoms with van der Waals surface area (Å²) in [7, 11) is 0. The van der Waals surface area contributed by atoms with Crippen molar-refractivity contribution >= 4 is 23.2 Å². The zero-order valence-electron chi connectivity index (χ0n) is 8.03. The molecule has 1 aromatic carbocycles. The van der Waals surface area contributed by atoms with Gasteiger partial charge in [-0.15, -0.1) is 0 Å². The van der Waals surface area contributed by atoms with Crippen LogP contribution in [0.5, 0.6) is 0 Å². The molecule has 0 radical (unpaired) electrons. The predicted octanol–water partition coefficient (Wildman–Crippen LogP) is 1.74. The quantitative estimate of drug-likeness (QED) is 0.762. The molecule has 0 spiro atoms. The molecule has 0 bridgehead atoms. The van der Waals surface area contributed by atoms with Crippen molar-refractivity contribution in [3.63, 3.8) is 0 Å². The average Bonchev–Trinajstić information content (AvgIpc) is 2.17. The Morgan fingerprint density at radius 2 is 2.00 bits per heavy atom. The van der Waals surface area contributed by atoms with Crippen molar-refractivity contribution in [3.8, 4) is 0 Å². The van der Waals surface area contributed by atoms with E-state index in [1.165, 1.54) is 0 Å². The number of aliphatic hydroxyl groups excluding tert-OH is 2. The zero-order chi connectivity index (χ0) is 11.4. The van der Waals surface area contributed by atoms with Crippen LogP contribution in [0.4, 0.5) is 0 Å². The second-order valence-electron chi connectivity index (χ2n) is 3.29. The van der Waals surface area contributed by atoms with E-state index in [4.69, 9.17) is 34.0 Å². The lowest BCUT2D eigenvalue weighted by atomic mass is 10.0. The summed E-state index contributed by atoms with van der Waals surface area (Å²) in [5, 5.41) is 19.4. The monoisotopic (exact) mass is 249 g/mol. The first-order valence-corrected chi connectivity index (χ1v) is 5.31. The molecule has 5 heteroatoms. The summed E-state index contributed by atoms with van der Waals surface area (Å²) in [5.41, 5.74) is 6.19. The van der Waals surface area contributed by atoms with E-state index in [0.29, 0.717) is 22.0 Å². The third-order valence-corrected chi connectivity index (χ3v) is 2.71. The van der Waals surface area contributed by atoms with Crippen LogP contribution in [0.25, 0.3) is 0 Å². The number of hydrogen-bond donors (Lipinski definition) is 3. The van der Waals surface area contributed by atoms with Crippen LogP contribution in [0.1, 0.15) is 18.1 Å². The van der Waals surface area contributed by atoms with Gasteiger partial charge in [0.2, 0.25) is 0 Å². The number of rotatable bonds is 4. The van der Waals surface area contributed by atoms with Crippen LogP contribution < -0.4 is 5.73 Å². The SMILES string of the molecule is NC(CCO)C(O)c1ccc(Cl)cc1Cl. The van der Waals surface area contributed by atoms with E-state index in [1.54, 1.807) is 18.2 Å². The van der Waals surface area contributed by atoms with Crippen LogP contribution >= 0.6 is 23.2 Å². The Bertz CT molecular complexity index is 333. The summed E-state index contributed by atoms with van der Waals surface area (Å²) in [6, 6.07) is 4.28. The molecule has 0 amide bonds. The molecule has 15 heavy (non-hydrogen) atoms. The van der Waals surface area contributed by atoms with E-state index in [2.05, 4.69) is 0 Å². The molecule has 0 fully saturated rings. The number of benzene rings is 1. The molecule has 0 saturated heterocycles. The third-order valence-electron chi connectivity index (χ3n) is 2.15. The molecule has 0 aliphatic carbocycles. The van der Waals surface area contributed by atoms with Crippen LogP contribution in [0.3, 0.4) is 0 Å². The van der Waals surface area contributed by atoms with Gasteiger partial charge in [0.15, 0.2) is 0 Å². The van der Waals surface area contributed by atoms with Gasteiger partial charge < -0.3 is 15.9 Å². The normalized spacial score (nSPS) is 15.0. The highest BCUT2D eigenvalue weighted by Crippen LogP contribution is 2.28. The second kappa shape index (κ2) is 5.68. The Labute approximate surface area is 98.4 Å². The minimum atomic E-state index is -0.887. The van der Waals surface area contributed by atoms with Gasteiger partial charge in [0.05, 0.1) is 6.10 Å². The van der Waals surface area contributed by atoms with Gasteiger partial charge in [-0.1, -0.05) is 29.3 Å². The molecule has 0 heterocycles. The summed E-state index contributed by atoms with van der Waals surface area (Å²) in [4.78, 5) is 0. The Balaban J connectivity index is 2.86. The van der Waals surface area contributed by atoms with E-state index in [-0.39, 0.29) is 6.61 Å². The molecule has 0 aliphatic rings. The Morgan fingerprint density at radius 1 is 1.33 bits per heavy atom. The zero-order valence-corrected chi connectivity index (χ0v) is 9.54. The van der Waals surface area contributed by atoms with Crippen molar-refractivity contribution in [3.05, 3.63) is 33.8 Å². The maximum Gasteiger partial charge on any atom is 0.0956 e. The number of nitrogens with two attached hydrogens (primary N) is 1. The summed E-state index contributed by atoms with van der Waals surface area (Å²) in [6.45, 7) is -0.0660. The van der Waals surface area contributed by atoms with Crippen molar-refractivity contribution in [2.45, 2.75) is 18.6 Å². The van der Waals surface area contributed by atoms with E-state index in [0.717, 1.165) is 0 Å². The fourth-order valence-electron chi connectivity index (χ4n) is 1.28. The minimum absolute atomic E-state index is 0.0660. The second-order valence-corrected chi connectivity index (χ2v) is 4.13. The molecule has 3 nitrogen and oxygen atoms in total. The standard InChI is InChI=1S/C10H13Cl2NO2/c11-6-1-2-7(8(12)5-6)10(15)9(13)3-4-14/h1-2,5,9-10,14-15H,3-4,13H2. The fourth-order valence-corrected chi connectivity index (χ4v) is 1.80. The highest BCUT2D eigenvalue weighted by molar-refractivity contribution is 6.35. The molecule has 0 aliphatic heterocycles. The maximum atomic E-state index is 9.83.